The monoisotopic (exact) mass is 1470 g/mol. The summed E-state index contributed by atoms with van der Waals surface area (Å²) in [5.41, 5.74) is 1.26. The predicted octanol–water partition coefficient (Wildman–Crippen LogP) is 13.4. The number of oxime groups is 3. The zero-order chi connectivity index (χ0) is 73.2. The molecule has 0 bridgehead atoms. The van der Waals surface area contributed by atoms with Gasteiger partial charge in [-0.2, -0.15) is 0 Å². The maximum absolute atomic E-state index is 12.8. The number of nitrogens with zero attached hydrogens (tertiary/aromatic N) is 6. The molecule has 6 heterocycles. The number of halogens is 3. The van der Waals surface area contributed by atoms with Gasteiger partial charge in [-0.05, 0) is 157 Å². The lowest BCUT2D eigenvalue weighted by molar-refractivity contribution is -0.137. The van der Waals surface area contributed by atoms with Crippen LogP contribution in [0.5, 0.6) is 34.5 Å². The van der Waals surface area contributed by atoms with E-state index >= 15 is 0 Å². The smallest absolute Gasteiger partial charge is 0.342 e. The quantitative estimate of drug-likeness (QED) is 0.0502. The summed E-state index contributed by atoms with van der Waals surface area (Å²) >= 11 is 19.0. The number of hydrogen-bond acceptors (Lipinski definition) is 21. The lowest BCUT2D eigenvalue weighted by Crippen LogP contribution is -2.37. The van der Waals surface area contributed by atoms with Crippen molar-refractivity contribution in [3.63, 3.8) is 0 Å². The Balaban J connectivity index is 0.000000214. The zero-order valence-electron chi connectivity index (χ0n) is 57.7. The van der Waals surface area contributed by atoms with Crippen LogP contribution < -0.4 is 0 Å². The summed E-state index contributed by atoms with van der Waals surface area (Å²) in [6, 6.07) is 3.04. The molecule has 1 unspecified atom stereocenters. The summed E-state index contributed by atoms with van der Waals surface area (Å²) in [4.78, 5) is 96.8. The number of hydrogen-bond donors (Lipinski definition) is 6. The van der Waals surface area contributed by atoms with Gasteiger partial charge in [-0.1, -0.05) is 112 Å². The molecule has 0 aromatic heterocycles. The molecule has 6 N–H and O–H groups in total. The summed E-state index contributed by atoms with van der Waals surface area (Å²) in [7, 11) is 0. The number of likely N-dealkylation sites (tertiary alicyclic amines) is 3. The number of carbonyl (C=O) groups excluding carboxylic acids is 6. The van der Waals surface area contributed by atoms with Gasteiger partial charge in [0.15, 0.2) is 19.8 Å². The number of aromatic hydroxyl groups is 6. The third kappa shape index (κ3) is 25.8. The molecule has 9 rings (SSSR count). The second-order valence-corrected chi connectivity index (χ2v) is 26.2. The molecule has 1 atom stereocenters. The van der Waals surface area contributed by atoms with Crippen molar-refractivity contribution in [3.05, 3.63) is 140 Å². The minimum Gasteiger partial charge on any atom is -0.507 e. The van der Waals surface area contributed by atoms with Gasteiger partial charge in [-0.25, -0.2) is 14.4 Å². The van der Waals surface area contributed by atoms with Gasteiger partial charge in [0.2, 0.25) is 0 Å². The Labute approximate surface area is 609 Å². The van der Waals surface area contributed by atoms with E-state index in [0.717, 1.165) is 154 Å². The molecule has 0 spiro atoms. The minimum absolute atomic E-state index is 0.00276. The molecular weight excluding hydrogens is 1380 g/mol. The number of carbonyl (C=O) groups is 6. The molecular formula is C75H93Cl3N6O18. The van der Waals surface area contributed by atoms with Crippen molar-refractivity contribution >= 4 is 87.6 Å². The Bertz CT molecular complexity index is 3500. The number of allylic oxidation sites excluding steroid dienone is 11. The average Bonchev–Trinajstić information content (AvgIpc) is 0.874. The van der Waals surface area contributed by atoms with Crippen molar-refractivity contribution in [1.29, 1.82) is 0 Å². The van der Waals surface area contributed by atoms with Crippen LogP contribution in [0.4, 0.5) is 0 Å². The van der Waals surface area contributed by atoms with Crippen LogP contribution in [0.2, 0.25) is 15.1 Å². The van der Waals surface area contributed by atoms with Crippen LogP contribution in [0.3, 0.4) is 0 Å². The van der Waals surface area contributed by atoms with Crippen LogP contribution in [0, 0.1) is 5.92 Å². The van der Waals surface area contributed by atoms with E-state index in [-0.39, 0.29) is 148 Å². The van der Waals surface area contributed by atoms with Gasteiger partial charge in [0.05, 0.1) is 52.0 Å². The van der Waals surface area contributed by atoms with Crippen LogP contribution in [-0.4, -0.2) is 177 Å². The standard InChI is InChI=1S/3C25H31ClN2O6/c1-17-9-5-2-3-6-10-18(27-34-16-22(31)28-11-7-4-8-12-28)13-19-23(25(32)33-15-17)20(29)14-21(30)24(19)26;2*26-24-19-15-18(27-34-17-22(31)28-12-8-6-9-13-28)11-7-4-2-1-3-5-10-14-33-25(32)23(19)20(29)16-21(24)30/h5-6,9-10,14,17,29-30H,2-4,7-8,11-13,15-16H2,1H3;2*1,3,7,11,16,29-30H,2,4-6,8-10,12-15,17H2/b9-5+,10-6+,27-18-;3-1+,11-7+,27-18+;3-1+,11-7+,27-18-. The molecule has 102 heavy (non-hydrogen) atoms. The average molecular weight is 1470 g/mol. The van der Waals surface area contributed by atoms with Crippen LogP contribution in [0.25, 0.3) is 0 Å². The van der Waals surface area contributed by atoms with Gasteiger partial charge in [0.1, 0.15) is 51.2 Å². The number of benzene rings is 3. The Morgan fingerprint density at radius 2 is 0.706 bits per heavy atom. The number of cyclic esters (lactones) is 3. The summed E-state index contributed by atoms with van der Waals surface area (Å²) in [6.07, 6.45) is 39.8. The molecule has 24 nitrogen and oxygen atoms in total. The maximum atomic E-state index is 12.8. The van der Waals surface area contributed by atoms with E-state index in [0.29, 0.717) is 43.1 Å². The topological polar surface area (TPSA) is 326 Å². The van der Waals surface area contributed by atoms with Crippen molar-refractivity contribution < 1.29 is 88.1 Å². The first kappa shape index (κ1) is 80.3. The molecule has 0 saturated carbocycles. The van der Waals surface area contributed by atoms with Gasteiger partial charge in [0, 0.05) is 82.6 Å². The highest BCUT2D eigenvalue weighted by molar-refractivity contribution is 6.35. The highest BCUT2D eigenvalue weighted by Gasteiger charge is 2.29. The molecule has 3 aromatic carbocycles. The first-order valence-electron chi connectivity index (χ1n) is 34.9. The van der Waals surface area contributed by atoms with Gasteiger partial charge < -0.3 is 74.1 Å². The fourth-order valence-corrected chi connectivity index (χ4v) is 12.3. The SMILES string of the molecule is CC1/C=C/CC/C=C/C(=N/OCC(=O)N2CCCCC2)Cc2c(Cl)c(O)cc(O)c2C(=O)OC1.O=C1OCCC/C=C/CC/C=C/C(=N/OCC(=O)N2CCCCC2)Cc2c(Cl)c(O)cc(O)c21.O=C1OCCC/C=C/CC/C=C/C(=N\OCC(=O)N2CCCCC2)Cc2c(Cl)c(O)cc(O)c21. The number of ether oxygens (including phenoxy) is 3. The first-order chi connectivity index (χ1) is 49.3. The largest absolute Gasteiger partial charge is 0.507 e. The maximum Gasteiger partial charge on any atom is 0.342 e. The number of phenolic OH excluding ortho intramolecular Hbond substituents is 6. The van der Waals surface area contributed by atoms with E-state index in [4.69, 9.17) is 63.5 Å². The lowest BCUT2D eigenvalue weighted by atomic mass is 9.99. The number of piperidine rings is 3. The highest BCUT2D eigenvalue weighted by atomic mass is 35.5. The number of fused-ring (bicyclic) bond motifs is 3. The van der Waals surface area contributed by atoms with Crippen molar-refractivity contribution in [2.45, 2.75) is 148 Å². The lowest BCUT2D eigenvalue weighted by Gasteiger charge is -2.26. The first-order valence-corrected chi connectivity index (χ1v) is 36.0. The van der Waals surface area contributed by atoms with E-state index in [1.807, 2.05) is 49.5 Å². The molecule has 3 amide bonds. The Morgan fingerprint density at radius 1 is 0.412 bits per heavy atom. The number of rotatable bonds is 9. The summed E-state index contributed by atoms with van der Waals surface area (Å²) in [5.74, 6) is -5.04. The number of amides is 3. The minimum atomic E-state index is -0.753. The van der Waals surface area contributed by atoms with Gasteiger partial charge in [-0.15, -0.1) is 0 Å². The molecule has 0 radical (unpaired) electrons. The Kier molecular flexibility index (Phi) is 33.9. The fraction of sp³-hybridized carbons (Fsp3) is 0.480. The van der Waals surface area contributed by atoms with Crippen molar-refractivity contribution in [2.24, 2.45) is 21.4 Å². The van der Waals surface area contributed by atoms with Crippen LogP contribution in [0.15, 0.2) is 107 Å². The van der Waals surface area contributed by atoms with Gasteiger partial charge >= 0.3 is 17.9 Å². The van der Waals surface area contributed by atoms with E-state index in [2.05, 4.69) is 27.6 Å². The van der Waals surface area contributed by atoms with Crippen molar-refractivity contribution in [2.75, 3.05) is 78.9 Å². The van der Waals surface area contributed by atoms with E-state index in [9.17, 15) is 59.4 Å². The van der Waals surface area contributed by atoms with Gasteiger partial charge in [0.25, 0.3) is 17.7 Å². The Morgan fingerprint density at radius 3 is 1.04 bits per heavy atom. The number of phenols is 6. The zero-order valence-corrected chi connectivity index (χ0v) is 59.9. The third-order valence-corrected chi connectivity index (χ3v) is 18.4. The second kappa shape index (κ2) is 43.1. The van der Waals surface area contributed by atoms with Crippen molar-refractivity contribution in [1.82, 2.24) is 14.7 Å². The van der Waals surface area contributed by atoms with Gasteiger partial charge in [-0.3, -0.25) is 14.4 Å². The fourth-order valence-electron chi connectivity index (χ4n) is 11.6. The van der Waals surface area contributed by atoms with Crippen LogP contribution in [0.1, 0.15) is 177 Å². The highest BCUT2D eigenvalue weighted by Crippen LogP contribution is 2.40. The third-order valence-electron chi connectivity index (χ3n) is 17.1. The molecule has 3 saturated heterocycles. The molecule has 27 heteroatoms. The second-order valence-electron chi connectivity index (χ2n) is 25.1. The van der Waals surface area contributed by atoms with Crippen LogP contribution in [-0.2, 0) is 62.4 Å². The summed E-state index contributed by atoms with van der Waals surface area (Å²) in [5, 5.41) is 73.7. The Hall–Kier alpha value is -9.00. The molecule has 0 aliphatic carbocycles. The normalized spacial score (nSPS) is 21.6. The van der Waals surface area contributed by atoms with E-state index in [1.165, 1.54) is 0 Å². The molecule has 6 aliphatic heterocycles. The van der Waals surface area contributed by atoms with Crippen molar-refractivity contribution in [3.8, 4) is 34.5 Å². The molecule has 552 valence electrons. The predicted molar refractivity (Wildman–Crippen MR) is 388 cm³/mol. The van der Waals surface area contributed by atoms with E-state index < -0.39 is 35.2 Å². The summed E-state index contributed by atoms with van der Waals surface area (Å²) in [6.45, 7) is 6.12. The number of esters is 3. The molecule has 3 fully saturated rings. The summed E-state index contributed by atoms with van der Waals surface area (Å²) < 4.78 is 16.0. The molecule has 6 aliphatic rings. The van der Waals surface area contributed by atoms with E-state index in [1.54, 1.807) is 32.9 Å². The molecule has 3 aromatic rings. The van der Waals surface area contributed by atoms with Crippen LogP contribution >= 0.6 is 34.8 Å².